The Labute approximate surface area is 246 Å². The first-order chi connectivity index (χ1) is 17.7. The highest BCUT2D eigenvalue weighted by molar-refractivity contribution is 7.99. The van der Waals surface area contributed by atoms with E-state index in [2.05, 4.69) is 17.2 Å². The van der Waals surface area contributed by atoms with Gasteiger partial charge in [-0.2, -0.15) is 13.2 Å². The molecule has 3 aromatic carbocycles. The molecule has 2 unspecified atom stereocenters. The molecule has 4 rings (SSSR count). The Bertz CT molecular complexity index is 1360. The van der Waals surface area contributed by atoms with Gasteiger partial charge in [-0.3, -0.25) is 4.79 Å². The summed E-state index contributed by atoms with van der Waals surface area (Å²) in [6, 6.07) is 15.9. The van der Waals surface area contributed by atoms with Crippen molar-refractivity contribution in [2.75, 3.05) is 16.4 Å². The topological polar surface area (TPSA) is 41.1 Å². The highest BCUT2D eigenvalue weighted by Gasteiger charge is 2.65. The van der Waals surface area contributed by atoms with E-state index in [1.54, 1.807) is 36.4 Å². The van der Waals surface area contributed by atoms with Crippen LogP contribution in [0.5, 0.6) is 0 Å². The Morgan fingerprint density at radius 2 is 1.53 bits per heavy atom. The Morgan fingerprint density at radius 1 is 0.921 bits per heavy atom. The van der Waals surface area contributed by atoms with E-state index in [0.29, 0.717) is 43.8 Å². The number of hydrogen-bond donors (Lipinski definition) is 2. The average Bonchev–Trinajstić information content (AvgIpc) is 3.40. The molecule has 0 radical (unpaired) electrons. The van der Waals surface area contributed by atoms with Crippen molar-refractivity contribution in [2.45, 2.75) is 21.3 Å². The van der Waals surface area contributed by atoms with Gasteiger partial charge < -0.3 is 10.6 Å². The zero-order valence-corrected chi connectivity index (χ0v) is 23.8. The number of anilines is 2. The van der Waals surface area contributed by atoms with Crippen LogP contribution in [0.1, 0.15) is 21.8 Å². The van der Waals surface area contributed by atoms with Crippen LogP contribution >= 0.6 is 69.8 Å². The second-order valence-electron chi connectivity index (χ2n) is 8.56. The molecule has 1 aliphatic carbocycles. The minimum absolute atomic E-state index is 0.178. The first kappa shape index (κ1) is 29.2. The second kappa shape index (κ2) is 11.4. The maximum absolute atomic E-state index is 12.9. The van der Waals surface area contributed by atoms with Crippen LogP contribution in [0.3, 0.4) is 0 Å². The van der Waals surface area contributed by atoms with Crippen molar-refractivity contribution in [1.82, 2.24) is 0 Å². The first-order valence-corrected chi connectivity index (χ1v) is 13.8. The van der Waals surface area contributed by atoms with E-state index in [-0.39, 0.29) is 22.4 Å². The Kier molecular flexibility index (Phi) is 8.77. The third kappa shape index (κ3) is 7.06. The SMILES string of the molecule is C=C(Nc1ccc(Cl)c(C(=O)Nc2ccc(SCC(F)(F)F)cc2)c1)C1C(c2cc(Cl)cc(Cl)c2)C1(Cl)Cl. The van der Waals surface area contributed by atoms with Gasteiger partial charge in [0.1, 0.15) is 4.33 Å². The lowest BCUT2D eigenvalue weighted by Crippen LogP contribution is -2.13. The van der Waals surface area contributed by atoms with Crippen LogP contribution in [-0.4, -0.2) is 22.2 Å². The summed E-state index contributed by atoms with van der Waals surface area (Å²) in [6.07, 6.45) is -4.27. The lowest BCUT2D eigenvalue weighted by atomic mass is 10.1. The predicted octanol–water partition coefficient (Wildman–Crippen LogP) is 10.1. The summed E-state index contributed by atoms with van der Waals surface area (Å²) in [4.78, 5) is 13.3. The van der Waals surface area contributed by atoms with Gasteiger partial charge in [0, 0.05) is 43.8 Å². The van der Waals surface area contributed by atoms with Gasteiger partial charge in [-0.25, -0.2) is 0 Å². The van der Waals surface area contributed by atoms with E-state index in [9.17, 15) is 18.0 Å². The van der Waals surface area contributed by atoms with Crippen molar-refractivity contribution in [2.24, 2.45) is 5.92 Å². The van der Waals surface area contributed by atoms with E-state index >= 15 is 0 Å². The molecule has 2 N–H and O–H groups in total. The van der Waals surface area contributed by atoms with Crippen molar-refractivity contribution in [1.29, 1.82) is 0 Å². The number of allylic oxidation sites excluding steroid dienone is 1. The number of hydrogen-bond acceptors (Lipinski definition) is 3. The highest BCUT2D eigenvalue weighted by atomic mass is 35.5. The van der Waals surface area contributed by atoms with Gasteiger partial charge in [-0.1, -0.05) is 41.4 Å². The minimum Gasteiger partial charge on any atom is -0.359 e. The number of halogens is 8. The third-order valence-electron chi connectivity index (χ3n) is 5.70. The molecule has 1 saturated carbocycles. The molecule has 12 heteroatoms. The van der Waals surface area contributed by atoms with Crippen molar-refractivity contribution in [3.63, 3.8) is 0 Å². The van der Waals surface area contributed by atoms with Crippen LogP contribution in [0.25, 0.3) is 0 Å². The zero-order chi connectivity index (χ0) is 27.8. The molecule has 0 aliphatic heterocycles. The van der Waals surface area contributed by atoms with Crippen LogP contribution in [0.4, 0.5) is 24.5 Å². The van der Waals surface area contributed by atoms with Crippen molar-refractivity contribution >= 4 is 87.0 Å². The summed E-state index contributed by atoms with van der Waals surface area (Å²) < 4.78 is 36.1. The van der Waals surface area contributed by atoms with Gasteiger partial charge >= 0.3 is 6.18 Å². The molecule has 0 saturated heterocycles. The van der Waals surface area contributed by atoms with E-state index < -0.39 is 22.2 Å². The first-order valence-electron chi connectivity index (χ1n) is 10.9. The molecule has 2 atom stereocenters. The third-order valence-corrected chi connectivity index (χ3v) is 8.49. The number of thioether (sulfide) groups is 1. The maximum Gasteiger partial charge on any atom is 0.398 e. The van der Waals surface area contributed by atoms with Crippen molar-refractivity contribution in [3.05, 3.63) is 99.1 Å². The zero-order valence-electron chi connectivity index (χ0n) is 19.2. The van der Waals surface area contributed by atoms with E-state index in [0.717, 1.165) is 5.56 Å². The summed E-state index contributed by atoms with van der Waals surface area (Å²) in [6.45, 7) is 4.08. The van der Waals surface area contributed by atoms with Gasteiger partial charge in [0.2, 0.25) is 0 Å². The quantitative estimate of drug-likeness (QED) is 0.190. The number of rotatable bonds is 8. The maximum atomic E-state index is 12.9. The molecule has 1 amide bonds. The predicted molar refractivity (Wildman–Crippen MR) is 153 cm³/mol. The number of nitrogens with one attached hydrogen (secondary N) is 2. The second-order valence-corrected chi connectivity index (χ2v) is 12.3. The van der Waals surface area contributed by atoms with Crippen LogP contribution in [0.15, 0.2) is 77.8 Å². The van der Waals surface area contributed by atoms with Gasteiger partial charge in [0.25, 0.3) is 5.91 Å². The average molecular weight is 641 g/mol. The van der Waals surface area contributed by atoms with Gasteiger partial charge in [0.15, 0.2) is 0 Å². The molecule has 0 heterocycles. The van der Waals surface area contributed by atoms with E-state index in [1.807, 2.05) is 0 Å². The molecule has 1 fully saturated rings. The minimum atomic E-state index is -4.27. The lowest BCUT2D eigenvalue weighted by Gasteiger charge is -2.13. The molecule has 0 aromatic heterocycles. The largest absolute Gasteiger partial charge is 0.398 e. The Hall–Kier alpha value is -1.74. The number of carbonyl (C=O) groups excluding carboxylic acids is 1. The number of alkyl halides is 5. The molecular weight excluding hydrogens is 623 g/mol. The molecule has 3 aromatic rings. The molecule has 200 valence electrons. The van der Waals surface area contributed by atoms with Crippen molar-refractivity contribution in [3.8, 4) is 0 Å². The van der Waals surface area contributed by atoms with Gasteiger partial charge in [-0.15, -0.1) is 35.0 Å². The summed E-state index contributed by atoms with van der Waals surface area (Å²) in [5, 5.41) is 6.97. The van der Waals surface area contributed by atoms with Crippen LogP contribution in [0, 0.1) is 5.92 Å². The Balaban J connectivity index is 1.43. The monoisotopic (exact) mass is 638 g/mol. The van der Waals surface area contributed by atoms with Gasteiger partial charge in [-0.05, 0) is 66.2 Å². The molecule has 0 bridgehead atoms. The fourth-order valence-corrected chi connectivity index (χ4v) is 6.27. The van der Waals surface area contributed by atoms with Crippen LogP contribution in [0.2, 0.25) is 15.1 Å². The number of amides is 1. The van der Waals surface area contributed by atoms with Crippen molar-refractivity contribution < 1.29 is 18.0 Å². The molecule has 0 spiro atoms. The highest BCUT2D eigenvalue weighted by Crippen LogP contribution is 2.67. The fraction of sp³-hybridized carbons (Fsp3) is 0.192. The lowest BCUT2D eigenvalue weighted by molar-refractivity contribution is -0.105. The standard InChI is InChI=1S/C26H18Cl5F3N2OS/c1-13(22-23(26(22,30)31)14-8-15(27)10-16(28)9-14)35-18-4-7-21(29)20(11-18)24(37)36-17-2-5-19(6-3-17)38-12-25(32,33)34/h2-11,22-23,35H,1,12H2,(H,36,37). The molecule has 38 heavy (non-hydrogen) atoms. The summed E-state index contributed by atoms with van der Waals surface area (Å²) in [5.74, 6) is -2.15. The summed E-state index contributed by atoms with van der Waals surface area (Å²) >= 11 is 32.3. The molecular formula is C26H18Cl5F3N2OS. The molecule has 1 aliphatic rings. The Morgan fingerprint density at radius 3 is 2.13 bits per heavy atom. The van der Waals surface area contributed by atoms with E-state index in [1.165, 1.54) is 24.3 Å². The fourth-order valence-electron chi connectivity index (χ4n) is 3.97. The summed E-state index contributed by atoms with van der Waals surface area (Å²) in [7, 11) is 0. The smallest absolute Gasteiger partial charge is 0.359 e. The summed E-state index contributed by atoms with van der Waals surface area (Å²) in [5.41, 5.74) is 2.41. The molecule has 3 nitrogen and oxygen atoms in total. The number of carbonyl (C=O) groups is 1. The number of benzene rings is 3. The van der Waals surface area contributed by atoms with E-state index in [4.69, 9.17) is 58.0 Å². The van der Waals surface area contributed by atoms with Gasteiger partial charge in [0.05, 0.1) is 16.3 Å². The normalized spacial score (nSPS) is 18.1. The van der Waals surface area contributed by atoms with Crippen LogP contribution in [-0.2, 0) is 0 Å². The van der Waals surface area contributed by atoms with Crippen LogP contribution < -0.4 is 10.6 Å².